The van der Waals surface area contributed by atoms with Crippen molar-refractivity contribution in [2.45, 2.75) is 27.2 Å². The summed E-state index contributed by atoms with van der Waals surface area (Å²) in [6, 6.07) is 0. The Kier molecular flexibility index (Phi) is 7.34. The van der Waals surface area contributed by atoms with E-state index in [1.165, 1.54) is 0 Å². The Morgan fingerprint density at radius 3 is 2.60 bits per heavy atom. The maximum atomic E-state index is 11.3. The van der Waals surface area contributed by atoms with Gasteiger partial charge in [-0.2, -0.15) is 0 Å². The van der Waals surface area contributed by atoms with E-state index in [-0.39, 0.29) is 11.3 Å². The molecule has 0 atom stereocenters. The first-order chi connectivity index (χ1) is 7.02. The van der Waals surface area contributed by atoms with Crippen molar-refractivity contribution >= 4 is 5.91 Å². The van der Waals surface area contributed by atoms with Gasteiger partial charge in [0.05, 0.1) is 13.2 Å². The highest BCUT2D eigenvalue weighted by atomic mass is 16.5. The number of carbonyl (C=O) groups is 1. The first kappa shape index (κ1) is 14.4. The number of ether oxygens (including phenoxy) is 1. The number of nitrogens with one attached hydrogen (secondary N) is 2. The molecule has 0 heterocycles. The number of hydrogen-bond acceptors (Lipinski definition) is 3. The normalized spacial score (nSPS) is 11.5. The van der Waals surface area contributed by atoms with Crippen molar-refractivity contribution in [3.63, 3.8) is 0 Å². The van der Waals surface area contributed by atoms with Gasteiger partial charge in [-0.15, -0.1) is 0 Å². The van der Waals surface area contributed by atoms with Crippen LogP contribution in [0.5, 0.6) is 0 Å². The zero-order chi connectivity index (χ0) is 11.7. The molecular formula is C11H24N2O2. The molecule has 0 fully saturated rings. The Morgan fingerprint density at radius 1 is 1.40 bits per heavy atom. The molecule has 4 heteroatoms. The van der Waals surface area contributed by atoms with Gasteiger partial charge in [0.2, 0.25) is 5.91 Å². The average Bonchev–Trinajstić information content (AvgIpc) is 2.18. The summed E-state index contributed by atoms with van der Waals surface area (Å²) in [7, 11) is 1.62. The predicted octanol–water partition coefficient (Wildman–Crippen LogP) is 0.775. The monoisotopic (exact) mass is 216 g/mol. The molecule has 0 aliphatic rings. The van der Waals surface area contributed by atoms with E-state index in [0.717, 1.165) is 13.0 Å². The number of rotatable bonds is 8. The molecule has 0 spiro atoms. The highest BCUT2D eigenvalue weighted by Gasteiger charge is 2.14. The van der Waals surface area contributed by atoms with E-state index in [0.29, 0.717) is 19.7 Å². The smallest absolute Gasteiger partial charge is 0.234 e. The van der Waals surface area contributed by atoms with Crippen LogP contribution >= 0.6 is 0 Å². The van der Waals surface area contributed by atoms with Crippen molar-refractivity contribution in [3.05, 3.63) is 0 Å². The van der Waals surface area contributed by atoms with Crippen molar-refractivity contribution in [1.29, 1.82) is 0 Å². The molecule has 0 unspecified atom stereocenters. The predicted molar refractivity (Wildman–Crippen MR) is 61.8 cm³/mol. The second-order valence-corrected chi connectivity index (χ2v) is 4.46. The summed E-state index contributed by atoms with van der Waals surface area (Å²) >= 11 is 0. The average molecular weight is 216 g/mol. The minimum absolute atomic E-state index is 0.0268. The Labute approximate surface area is 92.8 Å². The lowest BCUT2D eigenvalue weighted by Gasteiger charge is -2.22. The van der Waals surface area contributed by atoms with E-state index < -0.39 is 0 Å². The van der Waals surface area contributed by atoms with Crippen LogP contribution < -0.4 is 10.6 Å². The molecule has 0 aromatic rings. The molecule has 2 N–H and O–H groups in total. The summed E-state index contributed by atoms with van der Waals surface area (Å²) in [6.45, 7) is 8.90. The van der Waals surface area contributed by atoms with E-state index in [2.05, 4.69) is 31.4 Å². The Morgan fingerprint density at radius 2 is 2.07 bits per heavy atom. The van der Waals surface area contributed by atoms with Gasteiger partial charge in [0.15, 0.2) is 0 Å². The fraction of sp³-hybridized carbons (Fsp3) is 0.909. The molecule has 1 amide bonds. The maximum absolute atomic E-state index is 11.3. The third-order valence-electron chi connectivity index (χ3n) is 2.47. The standard InChI is InChI=1S/C11H24N2O2/c1-5-11(2,3)9-12-8-10(14)13-6-7-15-4/h12H,5-9H2,1-4H3,(H,13,14). The van der Waals surface area contributed by atoms with E-state index in [1.807, 2.05) is 0 Å². The SMILES string of the molecule is CCC(C)(C)CNCC(=O)NCCOC. The highest BCUT2D eigenvalue weighted by Crippen LogP contribution is 2.17. The zero-order valence-corrected chi connectivity index (χ0v) is 10.4. The lowest BCUT2D eigenvalue weighted by Crippen LogP contribution is -2.39. The molecule has 4 nitrogen and oxygen atoms in total. The van der Waals surface area contributed by atoms with Crippen LogP contribution in [0.25, 0.3) is 0 Å². The molecule has 0 rings (SSSR count). The summed E-state index contributed by atoms with van der Waals surface area (Å²) in [5.41, 5.74) is 0.257. The van der Waals surface area contributed by atoms with Crippen LogP contribution in [0.15, 0.2) is 0 Å². The fourth-order valence-electron chi connectivity index (χ4n) is 0.994. The number of carbonyl (C=O) groups excluding carboxylic acids is 1. The molecule has 0 radical (unpaired) electrons. The topological polar surface area (TPSA) is 50.4 Å². The molecule has 0 aromatic carbocycles. The minimum Gasteiger partial charge on any atom is -0.383 e. The summed E-state index contributed by atoms with van der Waals surface area (Å²) in [4.78, 5) is 11.3. The third kappa shape index (κ3) is 8.39. The number of hydrogen-bond donors (Lipinski definition) is 2. The third-order valence-corrected chi connectivity index (χ3v) is 2.47. The van der Waals surface area contributed by atoms with E-state index in [4.69, 9.17) is 4.74 Å². The highest BCUT2D eigenvalue weighted by molar-refractivity contribution is 5.77. The van der Waals surface area contributed by atoms with Crippen LogP contribution in [-0.4, -0.2) is 39.3 Å². The first-order valence-corrected chi connectivity index (χ1v) is 5.48. The Balaban J connectivity index is 3.46. The van der Waals surface area contributed by atoms with Gasteiger partial charge in [-0.1, -0.05) is 20.8 Å². The van der Waals surface area contributed by atoms with Crippen LogP contribution in [0.4, 0.5) is 0 Å². The van der Waals surface area contributed by atoms with Crippen LogP contribution in [0.1, 0.15) is 27.2 Å². The van der Waals surface area contributed by atoms with Gasteiger partial charge in [-0.05, 0) is 11.8 Å². The van der Waals surface area contributed by atoms with Crippen LogP contribution in [-0.2, 0) is 9.53 Å². The van der Waals surface area contributed by atoms with Crippen molar-refractivity contribution in [1.82, 2.24) is 10.6 Å². The van der Waals surface area contributed by atoms with Crippen molar-refractivity contribution in [3.8, 4) is 0 Å². The van der Waals surface area contributed by atoms with Crippen molar-refractivity contribution in [2.75, 3.05) is 33.4 Å². The van der Waals surface area contributed by atoms with Gasteiger partial charge in [0, 0.05) is 20.2 Å². The molecule has 15 heavy (non-hydrogen) atoms. The lowest BCUT2D eigenvalue weighted by molar-refractivity contribution is -0.120. The summed E-state index contributed by atoms with van der Waals surface area (Å²) in [5, 5.41) is 5.91. The van der Waals surface area contributed by atoms with Gasteiger partial charge in [-0.25, -0.2) is 0 Å². The zero-order valence-electron chi connectivity index (χ0n) is 10.4. The summed E-state index contributed by atoms with van der Waals surface area (Å²) in [6.07, 6.45) is 1.10. The van der Waals surface area contributed by atoms with E-state index in [9.17, 15) is 4.79 Å². The quantitative estimate of drug-likeness (QED) is 0.589. The molecule has 0 aliphatic carbocycles. The number of methoxy groups -OCH3 is 1. The van der Waals surface area contributed by atoms with Crippen LogP contribution in [0, 0.1) is 5.41 Å². The van der Waals surface area contributed by atoms with Crippen molar-refractivity contribution < 1.29 is 9.53 Å². The van der Waals surface area contributed by atoms with Gasteiger partial charge < -0.3 is 15.4 Å². The van der Waals surface area contributed by atoms with E-state index in [1.54, 1.807) is 7.11 Å². The van der Waals surface area contributed by atoms with Gasteiger partial charge in [-0.3, -0.25) is 4.79 Å². The molecule has 0 bridgehead atoms. The number of amides is 1. The molecule has 0 saturated heterocycles. The first-order valence-electron chi connectivity index (χ1n) is 5.48. The molecule has 0 saturated carbocycles. The molecule has 0 aliphatic heterocycles. The lowest BCUT2D eigenvalue weighted by atomic mass is 9.90. The van der Waals surface area contributed by atoms with Gasteiger partial charge in [0.25, 0.3) is 0 Å². The maximum Gasteiger partial charge on any atom is 0.234 e. The Hall–Kier alpha value is -0.610. The van der Waals surface area contributed by atoms with Gasteiger partial charge >= 0.3 is 0 Å². The van der Waals surface area contributed by atoms with Crippen LogP contribution in [0.2, 0.25) is 0 Å². The van der Waals surface area contributed by atoms with Crippen molar-refractivity contribution in [2.24, 2.45) is 5.41 Å². The molecular weight excluding hydrogens is 192 g/mol. The molecule has 0 aromatic heterocycles. The second-order valence-electron chi connectivity index (χ2n) is 4.46. The minimum atomic E-state index is 0.0268. The fourth-order valence-corrected chi connectivity index (χ4v) is 0.994. The summed E-state index contributed by atoms with van der Waals surface area (Å²) < 4.78 is 4.83. The van der Waals surface area contributed by atoms with Gasteiger partial charge in [0.1, 0.15) is 0 Å². The summed E-state index contributed by atoms with van der Waals surface area (Å²) in [5.74, 6) is 0.0268. The van der Waals surface area contributed by atoms with E-state index >= 15 is 0 Å². The molecule has 90 valence electrons. The van der Waals surface area contributed by atoms with Crippen LogP contribution in [0.3, 0.4) is 0 Å². The second kappa shape index (κ2) is 7.65. The largest absolute Gasteiger partial charge is 0.383 e. The Bertz CT molecular complexity index is 181.